The first-order valence-corrected chi connectivity index (χ1v) is 12.0. The molecular formula is C29H33FN2O3. The largest absolute Gasteiger partial charge is 0.494 e. The molecule has 0 saturated carbocycles. The highest BCUT2D eigenvalue weighted by molar-refractivity contribution is 5.88. The Labute approximate surface area is 206 Å². The van der Waals surface area contributed by atoms with Gasteiger partial charge in [-0.05, 0) is 55.7 Å². The number of halogens is 1. The standard InChI is InChI=1S/C29H33FN2O3/c1-3-31-29(34)27(20-23-8-5-4-6-9-23)32(21-24-13-15-25(30)16-14-24)28(33)10-7-19-35-26-17-11-22(2)12-18-26/h4-6,8-9,11-18,27H,3,7,10,19-21H2,1-2H3,(H,31,34). The van der Waals surface area contributed by atoms with Crippen molar-refractivity contribution < 1.29 is 18.7 Å². The van der Waals surface area contributed by atoms with Gasteiger partial charge in [-0.25, -0.2) is 4.39 Å². The van der Waals surface area contributed by atoms with Gasteiger partial charge in [-0.3, -0.25) is 9.59 Å². The van der Waals surface area contributed by atoms with Crippen molar-refractivity contribution in [3.05, 3.63) is 101 Å². The number of ether oxygens (including phenoxy) is 1. The highest BCUT2D eigenvalue weighted by atomic mass is 19.1. The predicted octanol–water partition coefficient (Wildman–Crippen LogP) is 5.07. The number of nitrogens with zero attached hydrogens (tertiary/aromatic N) is 1. The van der Waals surface area contributed by atoms with Gasteiger partial charge in [0.05, 0.1) is 6.61 Å². The summed E-state index contributed by atoms with van der Waals surface area (Å²) in [6.07, 6.45) is 1.14. The molecule has 5 nitrogen and oxygen atoms in total. The van der Waals surface area contributed by atoms with Crippen molar-refractivity contribution >= 4 is 11.8 Å². The van der Waals surface area contributed by atoms with Crippen molar-refractivity contribution in [1.82, 2.24) is 10.2 Å². The van der Waals surface area contributed by atoms with Gasteiger partial charge in [0.2, 0.25) is 11.8 Å². The van der Waals surface area contributed by atoms with E-state index in [1.165, 1.54) is 12.1 Å². The third-order valence-electron chi connectivity index (χ3n) is 5.71. The minimum atomic E-state index is -0.687. The second-order valence-electron chi connectivity index (χ2n) is 8.51. The number of carbonyl (C=O) groups excluding carboxylic acids is 2. The lowest BCUT2D eigenvalue weighted by atomic mass is 10.0. The van der Waals surface area contributed by atoms with Crippen LogP contribution in [0, 0.1) is 12.7 Å². The molecule has 3 aromatic carbocycles. The molecule has 0 saturated heterocycles. The van der Waals surface area contributed by atoms with Crippen LogP contribution in [0.1, 0.15) is 36.5 Å². The van der Waals surface area contributed by atoms with Crippen LogP contribution in [0.25, 0.3) is 0 Å². The lowest BCUT2D eigenvalue weighted by Gasteiger charge is -2.31. The maximum atomic E-state index is 13.5. The molecule has 0 aliphatic heterocycles. The lowest BCUT2D eigenvalue weighted by Crippen LogP contribution is -2.50. The third kappa shape index (κ3) is 8.25. The van der Waals surface area contributed by atoms with Crippen LogP contribution in [-0.4, -0.2) is 35.9 Å². The number of amides is 2. The van der Waals surface area contributed by atoms with E-state index >= 15 is 0 Å². The molecule has 0 aliphatic carbocycles. The van der Waals surface area contributed by atoms with Crippen molar-refractivity contribution in [1.29, 1.82) is 0 Å². The van der Waals surface area contributed by atoms with Crippen LogP contribution >= 0.6 is 0 Å². The maximum absolute atomic E-state index is 13.5. The summed E-state index contributed by atoms with van der Waals surface area (Å²) >= 11 is 0. The Hall–Kier alpha value is -3.67. The molecule has 1 atom stereocenters. The number of likely N-dealkylation sites (N-methyl/N-ethyl adjacent to an activating group) is 1. The van der Waals surface area contributed by atoms with Crippen LogP contribution in [-0.2, 0) is 22.6 Å². The van der Waals surface area contributed by atoms with E-state index in [0.717, 1.165) is 22.4 Å². The summed E-state index contributed by atoms with van der Waals surface area (Å²) < 4.78 is 19.2. The molecule has 6 heteroatoms. The highest BCUT2D eigenvalue weighted by Gasteiger charge is 2.29. The van der Waals surface area contributed by atoms with E-state index in [1.807, 2.05) is 68.4 Å². The number of aryl methyl sites for hydroxylation is 1. The van der Waals surface area contributed by atoms with E-state index in [2.05, 4.69) is 5.32 Å². The minimum absolute atomic E-state index is 0.144. The Bertz CT molecular complexity index is 1070. The molecule has 3 aromatic rings. The fraction of sp³-hybridized carbons (Fsp3) is 0.310. The van der Waals surface area contributed by atoms with Gasteiger partial charge in [0.25, 0.3) is 0 Å². The van der Waals surface area contributed by atoms with Gasteiger partial charge in [0.15, 0.2) is 0 Å². The zero-order valence-electron chi connectivity index (χ0n) is 20.4. The molecule has 0 bridgehead atoms. The summed E-state index contributed by atoms with van der Waals surface area (Å²) in [7, 11) is 0. The number of hydrogen-bond donors (Lipinski definition) is 1. The van der Waals surface area contributed by atoms with Crippen LogP contribution in [0.5, 0.6) is 5.75 Å². The van der Waals surface area contributed by atoms with Gasteiger partial charge >= 0.3 is 0 Å². The molecule has 0 spiro atoms. The Morgan fingerprint density at radius 3 is 2.29 bits per heavy atom. The first-order chi connectivity index (χ1) is 17.0. The summed E-state index contributed by atoms with van der Waals surface area (Å²) in [5.41, 5.74) is 2.88. The van der Waals surface area contributed by atoms with Crippen LogP contribution < -0.4 is 10.1 Å². The van der Waals surface area contributed by atoms with Crippen LogP contribution in [0.15, 0.2) is 78.9 Å². The van der Waals surface area contributed by atoms with Crippen molar-refractivity contribution in [3.8, 4) is 5.75 Å². The van der Waals surface area contributed by atoms with Gasteiger partial charge in [-0.15, -0.1) is 0 Å². The number of hydrogen-bond acceptors (Lipinski definition) is 3. The molecular weight excluding hydrogens is 443 g/mol. The number of carbonyl (C=O) groups is 2. The van der Waals surface area contributed by atoms with Gasteiger partial charge in [-0.2, -0.15) is 0 Å². The second kappa shape index (κ2) is 13.3. The first kappa shape index (κ1) is 25.9. The molecule has 1 unspecified atom stereocenters. The predicted molar refractivity (Wildman–Crippen MR) is 135 cm³/mol. The molecule has 0 heterocycles. The Kier molecular flexibility index (Phi) is 9.84. The number of benzene rings is 3. The monoisotopic (exact) mass is 476 g/mol. The van der Waals surface area contributed by atoms with Crippen molar-refractivity contribution in [2.24, 2.45) is 0 Å². The van der Waals surface area contributed by atoms with Gasteiger partial charge < -0.3 is 15.0 Å². The molecule has 0 aromatic heterocycles. The summed E-state index contributed by atoms with van der Waals surface area (Å²) in [5, 5.41) is 2.87. The SMILES string of the molecule is CCNC(=O)C(Cc1ccccc1)N(Cc1ccc(F)cc1)C(=O)CCCOc1ccc(C)cc1. The van der Waals surface area contributed by atoms with E-state index in [0.29, 0.717) is 26.0 Å². The van der Waals surface area contributed by atoms with E-state index in [4.69, 9.17) is 4.74 Å². The quantitative estimate of drug-likeness (QED) is 0.372. The molecule has 1 N–H and O–H groups in total. The summed E-state index contributed by atoms with van der Waals surface area (Å²) in [5.74, 6) is 0.0664. The summed E-state index contributed by atoms with van der Waals surface area (Å²) in [4.78, 5) is 28.1. The van der Waals surface area contributed by atoms with Crippen molar-refractivity contribution in [2.75, 3.05) is 13.2 Å². The fourth-order valence-corrected chi connectivity index (χ4v) is 3.82. The van der Waals surface area contributed by atoms with Crippen LogP contribution in [0.2, 0.25) is 0 Å². The molecule has 0 aliphatic rings. The maximum Gasteiger partial charge on any atom is 0.243 e. The number of rotatable bonds is 12. The Morgan fingerprint density at radius 1 is 0.943 bits per heavy atom. The summed E-state index contributed by atoms with van der Waals surface area (Å²) in [6.45, 7) is 4.94. The summed E-state index contributed by atoms with van der Waals surface area (Å²) in [6, 6.07) is 22.7. The zero-order chi connectivity index (χ0) is 25.0. The molecule has 2 amide bonds. The fourth-order valence-electron chi connectivity index (χ4n) is 3.82. The van der Waals surface area contributed by atoms with Gasteiger partial charge in [-0.1, -0.05) is 60.2 Å². The lowest BCUT2D eigenvalue weighted by molar-refractivity contribution is -0.141. The smallest absolute Gasteiger partial charge is 0.243 e. The Morgan fingerprint density at radius 2 is 1.63 bits per heavy atom. The molecule has 3 rings (SSSR count). The normalized spacial score (nSPS) is 11.5. The van der Waals surface area contributed by atoms with Crippen molar-refractivity contribution in [2.45, 2.75) is 45.7 Å². The molecule has 0 fully saturated rings. The van der Waals surface area contributed by atoms with Crippen molar-refractivity contribution in [3.63, 3.8) is 0 Å². The minimum Gasteiger partial charge on any atom is -0.494 e. The topological polar surface area (TPSA) is 58.6 Å². The highest BCUT2D eigenvalue weighted by Crippen LogP contribution is 2.17. The number of nitrogens with one attached hydrogen (secondary N) is 1. The van der Waals surface area contributed by atoms with Gasteiger partial charge in [0.1, 0.15) is 17.6 Å². The average Bonchev–Trinajstić information content (AvgIpc) is 2.87. The van der Waals surface area contributed by atoms with Gasteiger partial charge in [0, 0.05) is 25.9 Å². The third-order valence-corrected chi connectivity index (χ3v) is 5.71. The van der Waals surface area contributed by atoms with E-state index < -0.39 is 6.04 Å². The average molecular weight is 477 g/mol. The zero-order valence-corrected chi connectivity index (χ0v) is 20.4. The molecule has 35 heavy (non-hydrogen) atoms. The molecule has 0 radical (unpaired) electrons. The first-order valence-electron chi connectivity index (χ1n) is 12.0. The van der Waals surface area contributed by atoms with E-state index in [-0.39, 0.29) is 30.6 Å². The van der Waals surface area contributed by atoms with Crippen LogP contribution in [0.3, 0.4) is 0 Å². The molecule has 184 valence electrons. The van der Waals surface area contributed by atoms with E-state index in [9.17, 15) is 14.0 Å². The Balaban J connectivity index is 1.75. The second-order valence-corrected chi connectivity index (χ2v) is 8.51. The van der Waals surface area contributed by atoms with Crippen LogP contribution in [0.4, 0.5) is 4.39 Å². The van der Waals surface area contributed by atoms with E-state index in [1.54, 1.807) is 17.0 Å².